The quantitative estimate of drug-likeness (QED) is 0.790. The van der Waals surface area contributed by atoms with Gasteiger partial charge < -0.3 is 10.1 Å². The molecule has 0 aliphatic heterocycles. The third kappa shape index (κ3) is 4.00. The van der Waals surface area contributed by atoms with Gasteiger partial charge in [-0.1, -0.05) is 13.0 Å². The zero-order valence-corrected chi connectivity index (χ0v) is 12.2. The van der Waals surface area contributed by atoms with Crippen molar-refractivity contribution in [1.82, 2.24) is 5.32 Å². The van der Waals surface area contributed by atoms with Gasteiger partial charge in [-0.15, -0.1) is 0 Å². The van der Waals surface area contributed by atoms with Gasteiger partial charge in [-0.2, -0.15) is 0 Å². The molecule has 0 saturated heterocycles. The maximum atomic E-state index is 13.8. The zero-order chi connectivity index (χ0) is 14.5. The number of nitrogens with one attached hydrogen (secondary N) is 1. The van der Waals surface area contributed by atoms with Crippen LogP contribution in [0.5, 0.6) is 0 Å². The van der Waals surface area contributed by atoms with Gasteiger partial charge in [-0.25, -0.2) is 8.78 Å². The SMILES string of the molecule is CCNC(Cc1ccc(F)cc1F)C(OCC)C1CC1. The molecule has 2 atom stereocenters. The lowest BCUT2D eigenvalue weighted by Crippen LogP contribution is -2.44. The van der Waals surface area contributed by atoms with Crippen LogP contribution in [-0.4, -0.2) is 25.3 Å². The van der Waals surface area contributed by atoms with Crippen LogP contribution < -0.4 is 5.32 Å². The molecule has 20 heavy (non-hydrogen) atoms. The largest absolute Gasteiger partial charge is 0.377 e. The molecule has 0 spiro atoms. The van der Waals surface area contributed by atoms with Crippen LogP contribution in [0, 0.1) is 17.6 Å². The molecule has 0 aromatic heterocycles. The average Bonchev–Trinajstić information content (AvgIpc) is 3.23. The Balaban J connectivity index is 2.10. The molecule has 0 amide bonds. The number of likely N-dealkylation sites (N-methyl/N-ethyl adjacent to an activating group) is 1. The minimum Gasteiger partial charge on any atom is -0.377 e. The Labute approximate surface area is 119 Å². The second kappa shape index (κ2) is 7.14. The molecule has 112 valence electrons. The Kier molecular flexibility index (Phi) is 5.49. The van der Waals surface area contributed by atoms with E-state index in [-0.39, 0.29) is 12.1 Å². The smallest absolute Gasteiger partial charge is 0.129 e. The van der Waals surface area contributed by atoms with Crippen LogP contribution in [0.2, 0.25) is 0 Å². The van der Waals surface area contributed by atoms with Gasteiger partial charge >= 0.3 is 0 Å². The van der Waals surface area contributed by atoms with E-state index >= 15 is 0 Å². The van der Waals surface area contributed by atoms with Crippen LogP contribution in [0.15, 0.2) is 18.2 Å². The molecule has 1 saturated carbocycles. The Morgan fingerprint density at radius 1 is 1.30 bits per heavy atom. The first-order chi connectivity index (χ1) is 9.65. The molecule has 2 unspecified atom stereocenters. The zero-order valence-electron chi connectivity index (χ0n) is 12.2. The molecule has 1 aliphatic rings. The van der Waals surface area contributed by atoms with Crippen molar-refractivity contribution in [3.05, 3.63) is 35.4 Å². The lowest BCUT2D eigenvalue weighted by atomic mass is 9.97. The normalized spacial score (nSPS) is 18.0. The Morgan fingerprint density at radius 2 is 2.05 bits per heavy atom. The third-order valence-corrected chi connectivity index (χ3v) is 3.76. The van der Waals surface area contributed by atoms with Crippen LogP contribution in [0.1, 0.15) is 32.3 Å². The monoisotopic (exact) mass is 283 g/mol. The summed E-state index contributed by atoms with van der Waals surface area (Å²) in [6.07, 6.45) is 3.00. The third-order valence-electron chi connectivity index (χ3n) is 3.76. The van der Waals surface area contributed by atoms with Crippen molar-refractivity contribution in [2.75, 3.05) is 13.2 Å². The Hall–Kier alpha value is -1.00. The summed E-state index contributed by atoms with van der Waals surface area (Å²) in [4.78, 5) is 0. The number of rotatable bonds is 8. The van der Waals surface area contributed by atoms with Gasteiger partial charge in [-0.3, -0.25) is 0 Å². The van der Waals surface area contributed by atoms with Gasteiger partial charge in [0.05, 0.1) is 6.10 Å². The van der Waals surface area contributed by atoms with Gasteiger partial charge in [0, 0.05) is 18.7 Å². The molecule has 2 rings (SSSR count). The van der Waals surface area contributed by atoms with E-state index in [1.54, 1.807) is 0 Å². The molecule has 1 aromatic carbocycles. The van der Waals surface area contributed by atoms with Crippen molar-refractivity contribution in [3.63, 3.8) is 0 Å². The fourth-order valence-corrected chi connectivity index (χ4v) is 2.69. The fraction of sp³-hybridized carbons (Fsp3) is 0.625. The van der Waals surface area contributed by atoms with Crippen molar-refractivity contribution < 1.29 is 13.5 Å². The summed E-state index contributed by atoms with van der Waals surface area (Å²) in [6, 6.07) is 3.87. The molecule has 2 nitrogen and oxygen atoms in total. The van der Waals surface area contributed by atoms with Gasteiger partial charge in [0.15, 0.2) is 0 Å². The number of hydrogen-bond donors (Lipinski definition) is 1. The highest BCUT2D eigenvalue weighted by Crippen LogP contribution is 2.36. The Bertz CT molecular complexity index is 434. The summed E-state index contributed by atoms with van der Waals surface area (Å²) >= 11 is 0. The number of hydrogen-bond acceptors (Lipinski definition) is 2. The molecule has 4 heteroatoms. The summed E-state index contributed by atoms with van der Waals surface area (Å²) in [5.74, 6) is -0.434. The first kappa shape index (κ1) is 15.4. The van der Waals surface area contributed by atoms with Gasteiger partial charge in [-0.05, 0) is 50.3 Å². The van der Waals surface area contributed by atoms with Gasteiger partial charge in [0.2, 0.25) is 0 Å². The van der Waals surface area contributed by atoms with Crippen molar-refractivity contribution in [1.29, 1.82) is 0 Å². The number of halogens is 2. The van der Waals surface area contributed by atoms with Crippen molar-refractivity contribution in [3.8, 4) is 0 Å². The van der Waals surface area contributed by atoms with E-state index in [0.29, 0.717) is 24.5 Å². The predicted octanol–water partition coefficient (Wildman–Crippen LogP) is 3.30. The van der Waals surface area contributed by atoms with E-state index in [9.17, 15) is 8.78 Å². The maximum absolute atomic E-state index is 13.8. The molecule has 1 aromatic rings. The second-order valence-corrected chi connectivity index (χ2v) is 5.36. The van der Waals surface area contributed by atoms with E-state index in [4.69, 9.17) is 4.74 Å². The molecule has 1 N–H and O–H groups in total. The van der Waals surface area contributed by atoms with Crippen LogP contribution in [0.25, 0.3) is 0 Å². The first-order valence-corrected chi connectivity index (χ1v) is 7.44. The lowest BCUT2D eigenvalue weighted by molar-refractivity contribution is 0.0194. The van der Waals surface area contributed by atoms with E-state index in [0.717, 1.165) is 12.6 Å². The highest BCUT2D eigenvalue weighted by molar-refractivity contribution is 5.20. The average molecular weight is 283 g/mol. The highest BCUT2D eigenvalue weighted by Gasteiger charge is 2.37. The summed E-state index contributed by atoms with van der Waals surface area (Å²) in [5.41, 5.74) is 0.544. The fourth-order valence-electron chi connectivity index (χ4n) is 2.69. The second-order valence-electron chi connectivity index (χ2n) is 5.36. The van der Waals surface area contributed by atoms with E-state index in [1.165, 1.54) is 25.0 Å². The molecule has 1 fully saturated rings. The maximum Gasteiger partial charge on any atom is 0.129 e. The lowest BCUT2D eigenvalue weighted by Gasteiger charge is -2.28. The van der Waals surface area contributed by atoms with E-state index < -0.39 is 11.6 Å². The minimum atomic E-state index is -0.533. The summed E-state index contributed by atoms with van der Waals surface area (Å²) in [6.45, 7) is 5.49. The number of benzene rings is 1. The summed E-state index contributed by atoms with van der Waals surface area (Å²) < 4.78 is 32.6. The highest BCUT2D eigenvalue weighted by atomic mass is 19.1. The minimum absolute atomic E-state index is 0.0763. The van der Waals surface area contributed by atoms with Crippen molar-refractivity contribution in [2.24, 2.45) is 5.92 Å². The van der Waals surface area contributed by atoms with Crippen LogP contribution >= 0.6 is 0 Å². The molecule has 0 bridgehead atoms. The topological polar surface area (TPSA) is 21.3 Å². The molecular weight excluding hydrogens is 260 g/mol. The number of ether oxygens (including phenoxy) is 1. The summed E-state index contributed by atoms with van der Waals surface area (Å²) in [7, 11) is 0. The first-order valence-electron chi connectivity index (χ1n) is 7.44. The van der Waals surface area contributed by atoms with Gasteiger partial charge in [0.25, 0.3) is 0 Å². The van der Waals surface area contributed by atoms with Crippen molar-refractivity contribution >= 4 is 0 Å². The summed E-state index contributed by atoms with van der Waals surface area (Å²) in [5, 5.41) is 3.39. The van der Waals surface area contributed by atoms with Crippen LogP contribution in [0.3, 0.4) is 0 Å². The van der Waals surface area contributed by atoms with Gasteiger partial charge in [0.1, 0.15) is 11.6 Å². The molecule has 0 heterocycles. The van der Waals surface area contributed by atoms with Crippen molar-refractivity contribution in [2.45, 2.75) is 45.3 Å². The molecular formula is C16H23F2NO. The van der Waals surface area contributed by atoms with Crippen LogP contribution in [0.4, 0.5) is 8.78 Å². The predicted molar refractivity (Wildman–Crippen MR) is 75.7 cm³/mol. The standard InChI is InChI=1S/C16H23F2NO/c1-3-19-15(16(20-4-2)11-5-6-11)9-12-7-8-13(17)10-14(12)18/h7-8,10-11,15-16,19H,3-6,9H2,1-2H3. The Morgan fingerprint density at radius 3 is 2.60 bits per heavy atom. The molecule has 1 aliphatic carbocycles. The van der Waals surface area contributed by atoms with E-state index in [2.05, 4.69) is 5.32 Å². The van der Waals surface area contributed by atoms with Crippen LogP contribution in [-0.2, 0) is 11.2 Å². The molecule has 0 radical (unpaired) electrons. The van der Waals surface area contributed by atoms with E-state index in [1.807, 2.05) is 13.8 Å².